The fraction of sp³-hybridized carbons (Fsp3) is 0.167. The van der Waals surface area contributed by atoms with E-state index in [0.717, 1.165) is 0 Å². The first-order valence-corrected chi connectivity index (χ1v) is 4.23. The van der Waals surface area contributed by atoms with Crippen LogP contribution in [0.1, 0.15) is 19.4 Å². The summed E-state index contributed by atoms with van der Waals surface area (Å²) in [5.74, 6) is 0. The van der Waals surface area contributed by atoms with E-state index in [1.54, 1.807) is 0 Å². The average molecular weight is 158 g/mol. The first-order valence-electron chi connectivity index (χ1n) is 4.23. The third kappa shape index (κ3) is 2.09. The van der Waals surface area contributed by atoms with E-state index >= 15 is 0 Å². The average Bonchev–Trinajstić information content (AvgIpc) is 2.15. The molecule has 0 atom stereocenters. The van der Waals surface area contributed by atoms with Crippen LogP contribution in [0.3, 0.4) is 0 Å². The van der Waals surface area contributed by atoms with Crippen molar-refractivity contribution < 1.29 is 0 Å². The fourth-order valence-electron chi connectivity index (χ4n) is 1.17. The van der Waals surface area contributed by atoms with Crippen molar-refractivity contribution in [3.8, 4) is 0 Å². The van der Waals surface area contributed by atoms with E-state index < -0.39 is 0 Å². The first kappa shape index (κ1) is 8.79. The van der Waals surface area contributed by atoms with Gasteiger partial charge in [-0.1, -0.05) is 48.6 Å². The molecule has 0 radical (unpaired) electrons. The van der Waals surface area contributed by atoms with E-state index in [1.807, 2.05) is 13.0 Å². The van der Waals surface area contributed by atoms with Gasteiger partial charge in [-0.25, -0.2) is 0 Å². The summed E-state index contributed by atoms with van der Waals surface area (Å²) >= 11 is 0. The van der Waals surface area contributed by atoms with Gasteiger partial charge in [-0.05, 0) is 25.0 Å². The van der Waals surface area contributed by atoms with Crippen LogP contribution in [0.2, 0.25) is 0 Å². The summed E-state index contributed by atoms with van der Waals surface area (Å²) in [6.07, 6.45) is 6.30. The molecule has 12 heavy (non-hydrogen) atoms. The van der Waals surface area contributed by atoms with Gasteiger partial charge < -0.3 is 0 Å². The lowest BCUT2D eigenvalue weighted by Gasteiger charge is -1.99. The molecule has 0 unspecified atom stereocenters. The molecule has 1 aromatic rings. The quantitative estimate of drug-likeness (QED) is 0.576. The Kier molecular flexibility index (Phi) is 3.34. The van der Waals surface area contributed by atoms with Gasteiger partial charge in [-0.2, -0.15) is 0 Å². The van der Waals surface area contributed by atoms with Crippen molar-refractivity contribution in [3.05, 3.63) is 54.1 Å². The summed E-state index contributed by atoms with van der Waals surface area (Å²) in [7, 11) is 0. The highest BCUT2D eigenvalue weighted by Crippen LogP contribution is 2.14. The van der Waals surface area contributed by atoms with Crippen LogP contribution in [0, 0.1) is 0 Å². The monoisotopic (exact) mass is 158 g/mol. The van der Waals surface area contributed by atoms with Crippen LogP contribution in [0.4, 0.5) is 0 Å². The van der Waals surface area contributed by atoms with Crippen molar-refractivity contribution in [3.63, 3.8) is 0 Å². The van der Waals surface area contributed by atoms with Gasteiger partial charge in [0.05, 0.1) is 0 Å². The summed E-state index contributed by atoms with van der Waals surface area (Å²) in [5.41, 5.74) is 2.55. The molecule has 0 heterocycles. The van der Waals surface area contributed by atoms with Gasteiger partial charge in [-0.3, -0.25) is 0 Å². The minimum atomic E-state index is 1.28. The summed E-state index contributed by atoms with van der Waals surface area (Å²) in [5, 5.41) is 0. The van der Waals surface area contributed by atoms with Gasteiger partial charge in [0.15, 0.2) is 0 Å². The summed E-state index contributed by atoms with van der Waals surface area (Å²) < 4.78 is 0. The van der Waals surface area contributed by atoms with Gasteiger partial charge in [0, 0.05) is 0 Å². The molecule has 0 saturated heterocycles. The maximum atomic E-state index is 2.12. The van der Waals surface area contributed by atoms with E-state index in [9.17, 15) is 0 Å². The molecule has 0 nitrogen and oxygen atoms in total. The largest absolute Gasteiger partial charge is 0.0871 e. The Bertz CT molecular complexity index is 278. The second kappa shape index (κ2) is 4.55. The fourth-order valence-corrected chi connectivity index (χ4v) is 1.17. The molecule has 1 rings (SSSR count). The third-order valence-electron chi connectivity index (χ3n) is 1.76. The SMILES string of the molecule is C/C=C(/C=C/C)c1ccccc1. The number of benzene rings is 1. The van der Waals surface area contributed by atoms with Crippen molar-refractivity contribution >= 4 is 5.57 Å². The van der Waals surface area contributed by atoms with Gasteiger partial charge in [0.1, 0.15) is 0 Å². The molecule has 0 spiro atoms. The molecule has 0 heteroatoms. The molecule has 0 saturated carbocycles. The lowest BCUT2D eigenvalue weighted by Crippen LogP contribution is -1.77. The highest BCUT2D eigenvalue weighted by molar-refractivity contribution is 5.73. The minimum absolute atomic E-state index is 1.28. The van der Waals surface area contributed by atoms with Gasteiger partial charge >= 0.3 is 0 Å². The standard InChI is InChI=1S/C12H14/c1-3-8-11(4-2)12-9-6-5-7-10-12/h3-10H,1-2H3/b8-3+,11-4-. The lowest BCUT2D eigenvalue weighted by atomic mass is 10.1. The Morgan fingerprint density at radius 1 is 1.08 bits per heavy atom. The molecule has 1 aromatic carbocycles. The van der Waals surface area contributed by atoms with Crippen LogP contribution in [-0.4, -0.2) is 0 Å². The Balaban J connectivity index is 2.97. The maximum Gasteiger partial charge on any atom is -0.0187 e. The molecule has 0 aliphatic carbocycles. The number of allylic oxidation sites excluding steroid dienone is 4. The number of rotatable bonds is 2. The molecule has 62 valence electrons. The predicted octanol–water partition coefficient (Wildman–Crippen LogP) is 3.67. The molecule has 0 aromatic heterocycles. The number of hydrogen-bond donors (Lipinski definition) is 0. The Labute approximate surface area is 74.2 Å². The zero-order valence-electron chi connectivity index (χ0n) is 7.62. The van der Waals surface area contributed by atoms with E-state index in [-0.39, 0.29) is 0 Å². The van der Waals surface area contributed by atoms with Crippen LogP contribution < -0.4 is 0 Å². The predicted molar refractivity (Wildman–Crippen MR) is 54.9 cm³/mol. The molecule has 0 fully saturated rings. The van der Waals surface area contributed by atoms with Crippen LogP contribution in [0.5, 0.6) is 0 Å². The summed E-state index contributed by atoms with van der Waals surface area (Å²) in [4.78, 5) is 0. The topological polar surface area (TPSA) is 0 Å². The summed E-state index contributed by atoms with van der Waals surface area (Å²) in [6, 6.07) is 10.4. The summed E-state index contributed by atoms with van der Waals surface area (Å²) in [6.45, 7) is 4.09. The molecule has 0 aliphatic rings. The van der Waals surface area contributed by atoms with Crippen molar-refractivity contribution in [2.24, 2.45) is 0 Å². The van der Waals surface area contributed by atoms with E-state index in [4.69, 9.17) is 0 Å². The molecule has 0 amide bonds. The van der Waals surface area contributed by atoms with E-state index in [1.165, 1.54) is 11.1 Å². The maximum absolute atomic E-state index is 2.12. The van der Waals surface area contributed by atoms with Crippen LogP contribution in [0.15, 0.2) is 48.6 Å². The Morgan fingerprint density at radius 2 is 1.75 bits per heavy atom. The smallest absolute Gasteiger partial charge is 0.0187 e. The van der Waals surface area contributed by atoms with Crippen molar-refractivity contribution in [2.45, 2.75) is 13.8 Å². The molecule has 0 bridgehead atoms. The van der Waals surface area contributed by atoms with Crippen molar-refractivity contribution in [1.82, 2.24) is 0 Å². The Morgan fingerprint density at radius 3 is 2.25 bits per heavy atom. The Hall–Kier alpha value is -1.30. The molecular formula is C12H14. The molecular weight excluding hydrogens is 144 g/mol. The van der Waals surface area contributed by atoms with Gasteiger partial charge in [0.25, 0.3) is 0 Å². The zero-order valence-corrected chi connectivity index (χ0v) is 7.62. The van der Waals surface area contributed by atoms with Crippen LogP contribution >= 0.6 is 0 Å². The van der Waals surface area contributed by atoms with Crippen molar-refractivity contribution in [1.29, 1.82) is 0 Å². The van der Waals surface area contributed by atoms with Crippen LogP contribution in [-0.2, 0) is 0 Å². The highest BCUT2D eigenvalue weighted by atomic mass is 14.0. The van der Waals surface area contributed by atoms with E-state index in [0.29, 0.717) is 0 Å². The van der Waals surface area contributed by atoms with Gasteiger partial charge in [0.2, 0.25) is 0 Å². The lowest BCUT2D eigenvalue weighted by molar-refractivity contribution is 1.58. The van der Waals surface area contributed by atoms with E-state index in [2.05, 4.69) is 49.4 Å². The van der Waals surface area contributed by atoms with Gasteiger partial charge in [-0.15, -0.1) is 0 Å². The minimum Gasteiger partial charge on any atom is -0.0871 e. The second-order valence-corrected chi connectivity index (χ2v) is 2.61. The third-order valence-corrected chi connectivity index (χ3v) is 1.76. The normalized spacial score (nSPS) is 12.3. The molecule has 0 aliphatic heterocycles. The van der Waals surface area contributed by atoms with Crippen molar-refractivity contribution in [2.75, 3.05) is 0 Å². The first-order chi connectivity index (χ1) is 5.88. The highest BCUT2D eigenvalue weighted by Gasteiger charge is 1.92. The van der Waals surface area contributed by atoms with Crippen LogP contribution in [0.25, 0.3) is 5.57 Å². The molecule has 0 N–H and O–H groups in total. The number of hydrogen-bond acceptors (Lipinski definition) is 0. The second-order valence-electron chi connectivity index (χ2n) is 2.61. The zero-order chi connectivity index (χ0) is 8.81.